The number of hydrogen-bond donors (Lipinski definition) is 1. The number of aliphatic hydroxyl groups is 1. The fraction of sp³-hybridized carbons (Fsp3) is 0.600. The molecule has 2 saturated heterocycles. The van der Waals surface area contributed by atoms with Crippen molar-refractivity contribution in [3.05, 3.63) is 58.7 Å². The van der Waals surface area contributed by atoms with Crippen molar-refractivity contribution in [3.63, 3.8) is 0 Å². The van der Waals surface area contributed by atoms with Crippen LogP contribution in [0.4, 0.5) is 0 Å². The molecule has 4 fully saturated rings. The third-order valence-corrected chi connectivity index (χ3v) is 12.4. The molecule has 0 amide bonds. The van der Waals surface area contributed by atoms with E-state index in [1.54, 1.807) is 6.08 Å². The van der Waals surface area contributed by atoms with E-state index in [1.165, 1.54) is 6.08 Å². The number of ketones is 1. The summed E-state index contributed by atoms with van der Waals surface area (Å²) >= 11 is 0. The summed E-state index contributed by atoms with van der Waals surface area (Å²) in [6.45, 7) is 15.3. The van der Waals surface area contributed by atoms with Crippen LogP contribution >= 0.6 is 0 Å². The molecule has 228 valence electrons. The van der Waals surface area contributed by atoms with Crippen LogP contribution in [0, 0.1) is 39.9 Å². The van der Waals surface area contributed by atoms with Gasteiger partial charge in [-0.25, -0.2) is 9.59 Å². The second-order valence-corrected chi connectivity index (χ2v) is 14.8. The Labute approximate surface area is 251 Å². The normalized spacial score (nSPS) is 47.3. The maximum atomic E-state index is 14.7. The molecule has 1 spiro atoms. The fourth-order valence-corrected chi connectivity index (χ4v) is 10.6. The van der Waals surface area contributed by atoms with Crippen molar-refractivity contribution in [2.24, 2.45) is 39.9 Å². The Hall–Kier alpha value is -3.26. The van der Waals surface area contributed by atoms with Gasteiger partial charge in [-0.15, -0.1) is 0 Å². The molecule has 2 saturated carbocycles. The van der Waals surface area contributed by atoms with Gasteiger partial charge in [-0.2, -0.15) is 0 Å². The highest BCUT2D eigenvalue weighted by Crippen LogP contribution is 2.80. The Morgan fingerprint density at radius 2 is 1.84 bits per heavy atom. The van der Waals surface area contributed by atoms with Gasteiger partial charge in [0.2, 0.25) is 0 Å². The molecule has 11 atom stereocenters. The van der Waals surface area contributed by atoms with Gasteiger partial charge < -0.3 is 19.3 Å². The molecule has 8 heteroatoms. The fourth-order valence-electron chi connectivity index (χ4n) is 10.6. The van der Waals surface area contributed by atoms with E-state index in [2.05, 4.69) is 6.58 Å². The van der Waals surface area contributed by atoms with E-state index in [0.29, 0.717) is 24.0 Å². The number of esters is 3. The van der Waals surface area contributed by atoms with Gasteiger partial charge >= 0.3 is 17.9 Å². The SMILES string of the molecule is C=C1C(=O)O[C@H]2[C@@H]1CC[C@@](C)(O)[C@]13C=C[C@](C)([C@H]21)[C@]1(C3)C(=O)O[C@@H]2[C@H]3C(C)=CC(=O)C3=C(C)C[C@H](OC(=O)C=C(C)C)[C@H]21. The predicted molar refractivity (Wildman–Crippen MR) is 155 cm³/mol. The number of carbonyl (C=O) groups is 4. The van der Waals surface area contributed by atoms with Crippen molar-refractivity contribution < 1.29 is 38.5 Å². The highest BCUT2D eigenvalue weighted by atomic mass is 16.6. The number of fused-ring (bicyclic) bond motifs is 6. The second kappa shape index (κ2) is 8.68. The molecule has 7 aliphatic rings. The summed E-state index contributed by atoms with van der Waals surface area (Å²) in [5, 5.41) is 12.3. The van der Waals surface area contributed by atoms with E-state index in [0.717, 1.165) is 16.7 Å². The topological polar surface area (TPSA) is 116 Å². The molecular weight excluding hydrogens is 548 g/mol. The first kappa shape index (κ1) is 28.5. The van der Waals surface area contributed by atoms with Crippen LogP contribution in [0.1, 0.15) is 67.2 Å². The molecule has 2 heterocycles. The smallest absolute Gasteiger partial charge is 0.334 e. The zero-order valence-electron chi connectivity index (χ0n) is 25.7. The summed E-state index contributed by atoms with van der Waals surface area (Å²) in [6.07, 6.45) is 6.57. The van der Waals surface area contributed by atoms with Crippen LogP contribution in [0.2, 0.25) is 0 Å². The van der Waals surface area contributed by atoms with Crippen molar-refractivity contribution in [1.29, 1.82) is 0 Å². The lowest BCUT2D eigenvalue weighted by atomic mass is 9.54. The first-order valence-corrected chi connectivity index (χ1v) is 15.4. The molecule has 0 aromatic carbocycles. The average Bonchev–Trinajstić information content (AvgIpc) is 3.57. The molecule has 43 heavy (non-hydrogen) atoms. The Balaban J connectivity index is 1.44. The van der Waals surface area contributed by atoms with Crippen LogP contribution in [0.15, 0.2) is 58.7 Å². The standard InChI is InChI=1S/C35H40O8/c1-16(2)12-23(37)41-22-14-18(4)24-21(36)13-17(3)25(24)28-26(22)35(31(39)43-28)15-34-11-10-32(35,6)29(34)27-20(8-9-33(34,7)40)19(5)30(38)42-27/h10-13,20,22,25-29,40H,5,8-9,14-15H2,1-4,6-7H3/t20-,22+,25+,26-,27+,28-,29+,32-,33-,34+,35+/m1/s1. The predicted octanol–water partition coefficient (Wildman–Crippen LogP) is 4.48. The Bertz CT molecular complexity index is 1540. The van der Waals surface area contributed by atoms with Crippen molar-refractivity contribution in [1.82, 2.24) is 0 Å². The van der Waals surface area contributed by atoms with Crippen molar-refractivity contribution in [2.75, 3.05) is 0 Å². The lowest BCUT2D eigenvalue weighted by Gasteiger charge is -2.46. The summed E-state index contributed by atoms with van der Waals surface area (Å²) in [7, 11) is 0. The average molecular weight is 589 g/mol. The van der Waals surface area contributed by atoms with Crippen LogP contribution in [0.3, 0.4) is 0 Å². The van der Waals surface area contributed by atoms with Gasteiger partial charge in [-0.05, 0) is 60.0 Å². The molecule has 0 aromatic rings. The third kappa shape index (κ3) is 3.31. The number of rotatable bonds is 2. The van der Waals surface area contributed by atoms with Gasteiger partial charge in [0.15, 0.2) is 5.78 Å². The number of carbonyl (C=O) groups excluding carboxylic acids is 4. The van der Waals surface area contributed by atoms with Crippen LogP contribution in [-0.4, -0.2) is 52.7 Å². The van der Waals surface area contributed by atoms with E-state index >= 15 is 0 Å². The molecule has 0 aromatic heterocycles. The van der Waals surface area contributed by atoms with Crippen molar-refractivity contribution in [3.8, 4) is 0 Å². The minimum atomic E-state index is -1.22. The van der Waals surface area contributed by atoms with E-state index in [-0.39, 0.29) is 24.5 Å². The first-order valence-electron chi connectivity index (χ1n) is 15.4. The lowest BCUT2D eigenvalue weighted by molar-refractivity contribution is -0.159. The van der Waals surface area contributed by atoms with E-state index in [4.69, 9.17) is 14.2 Å². The summed E-state index contributed by atoms with van der Waals surface area (Å²) in [5.74, 6) is -3.21. The van der Waals surface area contributed by atoms with Crippen LogP contribution in [0.25, 0.3) is 0 Å². The van der Waals surface area contributed by atoms with Crippen molar-refractivity contribution in [2.45, 2.75) is 91.1 Å². The highest BCUT2D eigenvalue weighted by Gasteiger charge is 2.84. The van der Waals surface area contributed by atoms with Crippen LogP contribution in [0.5, 0.6) is 0 Å². The minimum Gasteiger partial charge on any atom is -0.460 e. The molecule has 1 N–H and O–H groups in total. The molecule has 7 rings (SSSR count). The van der Waals surface area contributed by atoms with Crippen LogP contribution in [-0.2, 0) is 33.4 Å². The molecular formula is C35H40O8. The second-order valence-electron chi connectivity index (χ2n) is 14.8. The summed E-state index contributed by atoms with van der Waals surface area (Å²) in [4.78, 5) is 54.0. The Kier molecular flexibility index (Phi) is 5.75. The van der Waals surface area contributed by atoms with Gasteiger partial charge in [0.1, 0.15) is 18.3 Å². The molecule has 0 unspecified atom stereocenters. The Morgan fingerprint density at radius 1 is 1.12 bits per heavy atom. The molecule has 8 nitrogen and oxygen atoms in total. The van der Waals surface area contributed by atoms with Gasteiger partial charge in [-0.3, -0.25) is 9.59 Å². The maximum absolute atomic E-state index is 14.7. The van der Waals surface area contributed by atoms with Crippen LogP contribution < -0.4 is 0 Å². The number of hydrogen-bond acceptors (Lipinski definition) is 8. The largest absolute Gasteiger partial charge is 0.460 e. The zero-order chi connectivity index (χ0) is 31.0. The number of ether oxygens (including phenoxy) is 3. The lowest BCUT2D eigenvalue weighted by Crippen LogP contribution is -2.53. The van der Waals surface area contributed by atoms with E-state index in [1.807, 2.05) is 53.7 Å². The van der Waals surface area contributed by atoms with Gasteiger partial charge in [0, 0.05) is 52.2 Å². The Morgan fingerprint density at radius 3 is 2.53 bits per heavy atom. The molecule has 2 aliphatic heterocycles. The summed E-state index contributed by atoms with van der Waals surface area (Å²) < 4.78 is 18.7. The summed E-state index contributed by atoms with van der Waals surface area (Å²) in [5.41, 5.74) is -0.796. The number of allylic oxidation sites excluding steroid dienone is 3. The van der Waals surface area contributed by atoms with Gasteiger partial charge in [-0.1, -0.05) is 42.4 Å². The summed E-state index contributed by atoms with van der Waals surface area (Å²) in [6, 6.07) is 0. The molecule has 0 radical (unpaired) electrons. The van der Waals surface area contributed by atoms with Gasteiger partial charge in [0.05, 0.1) is 16.9 Å². The quantitative estimate of drug-likeness (QED) is 0.217. The maximum Gasteiger partial charge on any atom is 0.334 e. The monoisotopic (exact) mass is 588 g/mol. The third-order valence-electron chi connectivity index (χ3n) is 12.4. The van der Waals surface area contributed by atoms with E-state index < -0.39 is 75.8 Å². The molecule has 5 aliphatic carbocycles. The highest BCUT2D eigenvalue weighted by molar-refractivity contribution is 6.09. The first-order chi connectivity index (χ1) is 20.1. The minimum absolute atomic E-state index is 0.100. The van der Waals surface area contributed by atoms with E-state index in [9.17, 15) is 24.3 Å². The van der Waals surface area contributed by atoms with Gasteiger partial charge in [0.25, 0.3) is 0 Å². The van der Waals surface area contributed by atoms with Crippen molar-refractivity contribution >= 4 is 23.7 Å². The zero-order valence-corrected chi connectivity index (χ0v) is 25.7. The molecule has 2 bridgehead atoms.